The standard InChI is InChI=1S/C12H16O/c1-9-6-4-5-7-12(9)10(2)8-11(3)13/h4-8,11,13H,1-3H3/b10-8-. The quantitative estimate of drug-likeness (QED) is 0.734. The van der Waals surface area contributed by atoms with Crippen molar-refractivity contribution in [3.05, 3.63) is 41.5 Å². The van der Waals surface area contributed by atoms with Crippen LogP contribution in [0.1, 0.15) is 25.0 Å². The number of benzene rings is 1. The van der Waals surface area contributed by atoms with Crippen LogP contribution in [0.25, 0.3) is 5.57 Å². The normalized spacial score (nSPS) is 14.3. The van der Waals surface area contributed by atoms with Crippen molar-refractivity contribution in [2.45, 2.75) is 26.9 Å². The Morgan fingerprint density at radius 3 is 2.54 bits per heavy atom. The van der Waals surface area contributed by atoms with Crippen LogP contribution in [0.5, 0.6) is 0 Å². The lowest BCUT2D eigenvalue weighted by Crippen LogP contribution is -1.95. The second-order valence-corrected chi connectivity index (χ2v) is 3.41. The molecule has 1 nitrogen and oxygen atoms in total. The summed E-state index contributed by atoms with van der Waals surface area (Å²) in [4.78, 5) is 0. The molecule has 0 aliphatic rings. The van der Waals surface area contributed by atoms with Crippen molar-refractivity contribution in [2.24, 2.45) is 0 Å². The second kappa shape index (κ2) is 4.24. The smallest absolute Gasteiger partial charge is 0.0698 e. The molecule has 0 aliphatic carbocycles. The summed E-state index contributed by atoms with van der Waals surface area (Å²) >= 11 is 0. The number of hydrogen-bond acceptors (Lipinski definition) is 1. The Bertz CT molecular complexity index is 311. The molecule has 0 bridgehead atoms. The first kappa shape index (κ1) is 10.0. The van der Waals surface area contributed by atoms with E-state index < -0.39 is 0 Å². The summed E-state index contributed by atoms with van der Waals surface area (Å²) in [5.41, 5.74) is 3.59. The number of aliphatic hydroxyl groups excluding tert-OH is 1. The zero-order valence-electron chi connectivity index (χ0n) is 8.41. The number of allylic oxidation sites excluding steroid dienone is 1. The molecule has 0 aromatic heterocycles. The van der Waals surface area contributed by atoms with Crippen molar-refractivity contribution in [3.63, 3.8) is 0 Å². The van der Waals surface area contributed by atoms with Gasteiger partial charge in [-0.15, -0.1) is 0 Å². The molecule has 70 valence electrons. The van der Waals surface area contributed by atoms with E-state index in [2.05, 4.69) is 19.1 Å². The number of hydrogen-bond donors (Lipinski definition) is 1. The van der Waals surface area contributed by atoms with E-state index in [-0.39, 0.29) is 6.10 Å². The Labute approximate surface area is 79.7 Å². The molecule has 1 heteroatoms. The third-order valence-corrected chi connectivity index (χ3v) is 2.06. The van der Waals surface area contributed by atoms with Crippen LogP contribution in [-0.4, -0.2) is 11.2 Å². The number of aryl methyl sites for hydroxylation is 1. The molecule has 0 fully saturated rings. The molecule has 0 radical (unpaired) electrons. The maximum absolute atomic E-state index is 9.20. The van der Waals surface area contributed by atoms with E-state index in [0.717, 1.165) is 5.57 Å². The van der Waals surface area contributed by atoms with Crippen molar-refractivity contribution < 1.29 is 5.11 Å². The van der Waals surface area contributed by atoms with E-state index in [1.165, 1.54) is 11.1 Å². The van der Waals surface area contributed by atoms with Gasteiger partial charge in [-0.25, -0.2) is 0 Å². The summed E-state index contributed by atoms with van der Waals surface area (Å²) in [7, 11) is 0. The van der Waals surface area contributed by atoms with Crippen LogP contribution in [0, 0.1) is 6.92 Å². The molecule has 0 aliphatic heterocycles. The van der Waals surface area contributed by atoms with Crippen LogP contribution in [-0.2, 0) is 0 Å². The molecule has 0 heterocycles. The topological polar surface area (TPSA) is 20.2 Å². The molecule has 0 saturated heterocycles. The van der Waals surface area contributed by atoms with Gasteiger partial charge in [0.25, 0.3) is 0 Å². The highest BCUT2D eigenvalue weighted by Gasteiger charge is 1.99. The Kier molecular flexibility index (Phi) is 3.26. The predicted molar refractivity (Wildman–Crippen MR) is 56.5 cm³/mol. The third-order valence-electron chi connectivity index (χ3n) is 2.06. The lowest BCUT2D eigenvalue weighted by Gasteiger charge is -2.06. The van der Waals surface area contributed by atoms with Gasteiger partial charge in [-0.3, -0.25) is 0 Å². The van der Waals surface area contributed by atoms with Gasteiger partial charge in [0.2, 0.25) is 0 Å². The molecule has 1 N–H and O–H groups in total. The van der Waals surface area contributed by atoms with E-state index in [1.54, 1.807) is 6.92 Å². The van der Waals surface area contributed by atoms with E-state index in [9.17, 15) is 5.11 Å². The van der Waals surface area contributed by atoms with Gasteiger partial charge in [0.15, 0.2) is 0 Å². The first-order valence-electron chi connectivity index (χ1n) is 4.53. The maximum Gasteiger partial charge on any atom is 0.0698 e. The molecule has 1 aromatic rings. The van der Waals surface area contributed by atoms with Crippen molar-refractivity contribution in [3.8, 4) is 0 Å². The van der Waals surface area contributed by atoms with Crippen LogP contribution in [0.3, 0.4) is 0 Å². The fraction of sp³-hybridized carbons (Fsp3) is 0.333. The molecule has 0 saturated carbocycles. The van der Waals surface area contributed by atoms with Gasteiger partial charge in [-0.05, 0) is 37.5 Å². The molecule has 13 heavy (non-hydrogen) atoms. The van der Waals surface area contributed by atoms with E-state index in [0.29, 0.717) is 0 Å². The molecule has 1 rings (SSSR count). The fourth-order valence-electron chi connectivity index (χ4n) is 1.47. The van der Waals surface area contributed by atoms with Crippen LogP contribution in [0.4, 0.5) is 0 Å². The molecule has 0 amide bonds. The number of aliphatic hydroxyl groups is 1. The fourth-order valence-corrected chi connectivity index (χ4v) is 1.47. The lowest BCUT2D eigenvalue weighted by molar-refractivity contribution is 0.244. The number of rotatable bonds is 2. The van der Waals surface area contributed by atoms with Gasteiger partial charge >= 0.3 is 0 Å². The molecule has 1 unspecified atom stereocenters. The summed E-state index contributed by atoms with van der Waals surface area (Å²) in [6.07, 6.45) is 1.49. The molecule has 0 spiro atoms. The van der Waals surface area contributed by atoms with E-state index in [4.69, 9.17) is 0 Å². The zero-order valence-corrected chi connectivity index (χ0v) is 8.41. The Morgan fingerprint density at radius 2 is 2.00 bits per heavy atom. The van der Waals surface area contributed by atoms with Gasteiger partial charge in [0.05, 0.1) is 6.10 Å². The van der Waals surface area contributed by atoms with Gasteiger partial charge in [0.1, 0.15) is 0 Å². The second-order valence-electron chi connectivity index (χ2n) is 3.41. The van der Waals surface area contributed by atoms with Crippen molar-refractivity contribution in [1.29, 1.82) is 0 Å². The minimum absolute atomic E-state index is 0.375. The largest absolute Gasteiger partial charge is 0.389 e. The average Bonchev–Trinajstić information content (AvgIpc) is 2.03. The molecular formula is C12H16O. The van der Waals surface area contributed by atoms with Crippen LogP contribution in [0.2, 0.25) is 0 Å². The highest BCUT2D eigenvalue weighted by molar-refractivity contribution is 5.66. The van der Waals surface area contributed by atoms with Gasteiger partial charge < -0.3 is 5.11 Å². The summed E-state index contributed by atoms with van der Waals surface area (Å²) in [5, 5.41) is 9.20. The molecule has 1 aromatic carbocycles. The average molecular weight is 176 g/mol. The maximum atomic E-state index is 9.20. The summed E-state index contributed by atoms with van der Waals surface area (Å²) in [5.74, 6) is 0. The monoisotopic (exact) mass is 176 g/mol. The summed E-state index contributed by atoms with van der Waals surface area (Å²) < 4.78 is 0. The van der Waals surface area contributed by atoms with Crippen molar-refractivity contribution in [2.75, 3.05) is 0 Å². The van der Waals surface area contributed by atoms with Gasteiger partial charge in [0, 0.05) is 0 Å². The highest BCUT2D eigenvalue weighted by atomic mass is 16.3. The van der Waals surface area contributed by atoms with Crippen LogP contribution < -0.4 is 0 Å². The first-order valence-corrected chi connectivity index (χ1v) is 4.53. The van der Waals surface area contributed by atoms with Crippen molar-refractivity contribution >= 4 is 5.57 Å². The summed E-state index contributed by atoms with van der Waals surface area (Å²) in [6.45, 7) is 5.87. The van der Waals surface area contributed by atoms with Crippen LogP contribution in [0.15, 0.2) is 30.3 Å². The SMILES string of the molecule is C/C(=C/C(C)O)c1ccccc1C. The minimum atomic E-state index is -0.375. The molecular weight excluding hydrogens is 160 g/mol. The Morgan fingerprint density at radius 1 is 1.38 bits per heavy atom. The highest BCUT2D eigenvalue weighted by Crippen LogP contribution is 2.18. The van der Waals surface area contributed by atoms with E-state index in [1.807, 2.05) is 25.1 Å². The molecule has 1 atom stereocenters. The minimum Gasteiger partial charge on any atom is -0.389 e. The van der Waals surface area contributed by atoms with Gasteiger partial charge in [-0.1, -0.05) is 30.3 Å². The van der Waals surface area contributed by atoms with Crippen LogP contribution >= 0.6 is 0 Å². The Hall–Kier alpha value is -1.08. The lowest BCUT2D eigenvalue weighted by atomic mass is 10.0. The predicted octanol–water partition coefficient (Wildman–Crippen LogP) is 2.78. The van der Waals surface area contributed by atoms with Crippen molar-refractivity contribution in [1.82, 2.24) is 0 Å². The van der Waals surface area contributed by atoms with Gasteiger partial charge in [-0.2, -0.15) is 0 Å². The summed E-state index contributed by atoms with van der Waals surface area (Å²) in [6, 6.07) is 8.19. The first-order chi connectivity index (χ1) is 6.11. The van der Waals surface area contributed by atoms with E-state index >= 15 is 0 Å². The third kappa shape index (κ3) is 2.71. The zero-order chi connectivity index (χ0) is 9.84. The Balaban J connectivity index is 3.02.